The summed E-state index contributed by atoms with van der Waals surface area (Å²) in [4.78, 5) is 4.85. The maximum Gasteiger partial charge on any atom is 0.137 e. The summed E-state index contributed by atoms with van der Waals surface area (Å²) < 4.78 is 11.2. The van der Waals surface area contributed by atoms with E-state index in [9.17, 15) is 0 Å². The standard InChI is InChI=1S/C43H48N4O/c1-8-9-15-32-20-21-44-41(22-32)46-39-17-11-10-16-37(39)38-19-18-35(26-40(38)46)48-36-24-33(27(2)3)23-34(25-36)47-31(7)43(30(6)45-47)42-28(4)13-12-14-29(42)5/h10-11,13,16-27,29,42H,8-9,12,14-15H2,1-7H3/t29-,42?/m0/s1. The number of nitrogens with zero attached hydrogens (tertiary/aromatic N) is 4. The van der Waals surface area contributed by atoms with Crippen molar-refractivity contribution in [2.45, 2.75) is 92.4 Å². The lowest BCUT2D eigenvalue weighted by Crippen LogP contribution is -2.16. The molecular formula is C43H48N4O. The van der Waals surface area contributed by atoms with E-state index >= 15 is 0 Å². The van der Waals surface area contributed by atoms with E-state index < -0.39 is 0 Å². The molecule has 1 aliphatic carbocycles. The molecular weight excluding hydrogens is 589 g/mol. The molecule has 0 saturated heterocycles. The van der Waals surface area contributed by atoms with Crippen LogP contribution in [0, 0.1) is 19.8 Å². The third kappa shape index (κ3) is 5.85. The maximum absolute atomic E-state index is 6.75. The van der Waals surface area contributed by atoms with Crippen molar-refractivity contribution in [2.24, 2.45) is 5.92 Å². The van der Waals surface area contributed by atoms with E-state index in [1.165, 1.54) is 64.4 Å². The first-order chi connectivity index (χ1) is 23.2. The lowest BCUT2D eigenvalue weighted by Gasteiger charge is -2.29. The predicted octanol–water partition coefficient (Wildman–Crippen LogP) is 11.7. The Morgan fingerprint density at radius 3 is 2.50 bits per heavy atom. The highest BCUT2D eigenvalue weighted by atomic mass is 16.5. The van der Waals surface area contributed by atoms with E-state index in [4.69, 9.17) is 14.8 Å². The van der Waals surface area contributed by atoms with Crippen molar-refractivity contribution in [3.63, 3.8) is 0 Å². The average Bonchev–Trinajstić information content (AvgIpc) is 3.56. The molecule has 0 spiro atoms. The minimum absolute atomic E-state index is 0.336. The zero-order valence-electron chi connectivity index (χ0n) is 29.5. The highest BCUT2D eigenvalue weighted by molar-refractivity contribution is 6.09. The van der Waals surface area contributed by atoms with Gasteiger partial charge in [0.25, 0.3) is 0 Å². The lowest BCUT2D eigenvalue weighted by molar-refractivity contribution is 0.447. The zero-order valence-corrected chi connectivity index (χ0v) is 29.5. The Morgan fingerprint density at radius 2 is 1.71 bits per heavy atom. The van der Waals surface area contributed by atoms with Gasteiger partial charge in [0.2, 0.25) is 0 Å². The summed E-state index contributed by atoms with van der Waals surface area (Å²) in [6, 6.07) is 26.0. The van der Waals surface area contributed by atoms with Crippen LogP contribution < -0.4 is 4.74 Å². The normalized spacial score (nSPS) is 16.6. The topological polar surface area (TPSA) is 44.9 Å². The minimum atomic E-state index is 0.336. The van der Waals surface area contributed by atoms with Gasteiger partial charge in [-0.1, -0.05) is 64.0 Å². The molecule has 0 N–H and O–H groups in total. The van der Waals surface area contributed by atoms with Crippen LogP contribution in [0.15, 0.2) is 90.6 Å². The zero-order chi connectivity index (χ0) is 33.5. The molecule has 3 heterocycles. The number of allylic oxidation sites excluding steroid dienone is 2. The molecule has 0 fully saturated rings. The van der Waals surface area contributed by atoms with E-state index in [2.05, 4.69) is 137 Å². The van der Waals surface area contributed by atoms with Gasteiger partial charge in [0.05, 0.1) is 22.4 Å². The fraction of sp³-hybridized carbons (Fsp3) is 0.349. The number of ether oxygens (including phenoxy) is 1. The first-order valence-corrected chi connectivity index (χ1v) is 17.8. The molecule has 246 valence electrons. The van der Waals surface area contributed by atoms with Gasteiger partial charge in [0.15, 0.2) is 0 Å². The molecule has 0 radical (unpaired) electrons. The summed E-state index contributed by atoms with van der Waals surface area (Å²) in [6.07, 6.45) is 10.1. The van der Waals surface area contributed by atoms with Crippen LogP contribution in [0.4, 0.5) is 0 Å². The molecule has 0 saturated carbocycles. The van der Waals surface area contributed by atoms with Crippen LogP contribution in [0.5, 0.6) is 11.5 Å². The summed E-state index contributed by atoms with van der Waals surface area (Å²) in [5.41, 5.74) is 11.0. The number of rotatable bonds is 9. The summed E-state index contributed by atoms with van der Waals surface area (Å²) >= 11 is 0. The largest absolute Gasteiger partial charge is 0.457 e. The Labute approximate surface area is 285 Å². The van der Waals surface area contributed by atoms with Crippen LogP contribution >= 0.6 is 0 Å². The number of fused-ring (bicyclic) bond motifs is 3. The van der Waals surface area contributed by atoms with Crippen LogP contribution in [-0.2, 0) is 6.42 Å². The minimum Gasteiger partial charge on any atom is -0.457 e. The molecule has 48 heavy (non-hydrogen) atoms. The van der Waals surface area contributed by atoms with Crippen molar-refractivity contribution in [2.75, 3.05) is 0 Å². The van der Waals surface area contributed by atoms with Crippen LogP contribution in [0.1, 0.15) is 100 Å². The highest BCUT2D eigenvalue weighted by Crippen LogP contribution is 2.42. The lowest BCUT2D eigenvalue weighted by atomic mass is 9.75. The fourth-order valence-corrected chi connectivity index (χ4v) is 7.82. The molecule has 3 aromatic carbocycles. The quantitative estimate of drug-likeness (QED) is 0.148. The van der Waals surface area contributed by atoms with Crippen molar-refractivity contribution < 1.29 is 4.74 Å². The number of aryl methyl sites for hydroxylation is 2. The van der Waals surface area contributed by atoms with Gasteiger partial charge >= 0.3 is 0 Å². The highest BCUT2D eigenvalue weighted by Gasteiger charge is 2.29. The Kier molecular flexibility index (Phi) is 8.72. The van der Waals surface area contributed by atoms with Gasteiger partial charge in [-0.3, -0.25) is 4.57 Å². The number of aromatic nitrogens is 4. The molecule has 1 unspecified atom stereocenters. The Balaban J connectivity index is 1.31. The van der Waals surface area contributed by atoms with Crippen molar-refractivity contribution in [1.29, 1.82) is 0 Å². The molecule has 2 atom stereocenters. The first-order valence-electron chi connectivity index (χ1n) is 17.8. The second kappa shape index (κ2) is 13.1. The summed E-state index contributed by atoms with van der Waals surface area (Å²) in [5, 5.41) is 7.53. The number of hydrogen-bond acceptors (Lipinski definition) is 3. The molecule has 7 rings (SSSR count). The first kappa shape index (κ1) is 31.9. The van der Waals surface area contributed by atoms with E-state index in [0.717, 1.165) is 46.2 Å². The fourth-order valence-electron chi connectivity index (χ4n) is 7.82. The number of pyridine rings is 1. The SMILES string of the molecule is CCCCc1ccnc(-n2c3ccccc3c3ccc(Oc4cc(C(C)C)cc(-n5nc(C)c(C6C(C)=CCC[C@@H]6C)c5C)c4)cc32)c1. The van der Waals surface area contributed by atoms with Crippen molar-refractivity contribution in [3.05, 3.63) is 119 Å². The number of para-hydroxylation sites is 1. The monoisotopic (exact) mass is 636 g/mol. The average molecular weight is 637 g/mol. The van der Waals surface area contributed by atoms with E-state index in [1.54, 1.807) is 0 Å². The molecule has 6 aromatic rings. The predicted molar refractivity (Wildman–Crippen MR) is 199 cm³/mol. The van der Waals surface area contributed by atoms with Gasteiger partial charge in [-0.25, -0.2) is 9.67 Å². The Bertz CT molecular complexity index is 2150. The number of hydrogen-bond donors (Lipinski definition) is 0. The molecule has 0 aliphatic heterocycles. The van der Waals surface area contributed by atoms with Gasteiger partial charge in [-0.05, 0) is 112 Å². The van der Waals surface area contributed by atoms with Crippen molar-refractivity contribution >= 4 is 21.8 Å². The number of benzene rings is 3. The molecule has 3 aromatic heterocycles. The van der Waals surface area contributed by atoms with Crippen molar-refractivity contribution in [1.82, 2.24) is 19.3 Å². The second-order valence-electron chi connectivity index (χ2n) is 14.2. The maximum atomic E-state index is 6.75. The molecule has 0 amide bonds. The van der Waals surface area contributed by atoms with Crippen LogP contribution in [0.25, 0.3) is 33.3 Å². The molecule has 5 nitrogen and oxygen atoms in total. The van der Waals surface area contributed by atoms with Gasteiger partial charge < -0.3 is 4.74 Å². The Morgan fingerprint density at radius 1 is 0.896 bits per heavy atom. The van der Waals surface area contributed by atoms with Gasteiger partial charge in [-0.2, -0.15) is 5.10 Å². The Hall–Kier alpha value is -4.64. The van der Waals surface area contributed by atoms with Gasteiger partial charge in [0.1, 0.15) is 17.3 Å². The third-order valence-corrected chi connectivity index (χ3v) is 10.4. The van der Waals surface area contributed by atoms with Gasteiger partial charge in [0, 0.05) is 46.3 Å². The molecule has 5 heteroatoms. The van der Waals surface area contributed by atoms with Crippen LogP contribution in [-0.4, -0.2) is 19.3 Å². The second-order valence-corrected chi connectivity index (χ2v) is 14.2. The summed E-state index contributed by atoms with van der Waals surface area (Å²) in [5.74, 6) is 3.90. The van der Waals surface area contributed by atoms with Crippen LogP contribution in [0.3, 0.4) is 0 Å². The number of unbranched alkanes of at least 4 members (excludes halogenated alkanes) is 1. The van der Waals surface area contributed by atoms with E-state index in [0.29, 0.717) is 17.8 Å². The van der Waals surface area contributed by atoms with Gasteiger partial charge in [-0.15, -0.1) is 0 Å². The summed E-state index contributed by atoms with van der Waals surface area (Å²) in [6.45, 7) is 15.8. The van der Waals surface area contributed by atoms with Crippen LogP contribution in [0.2, 0.25) is 0 Å². The molecule has 1 aliphatic rings. The van der Waals surface area contributed by atoms with E-state index in [-0.39, 0.29) is 0 Å². The smallest absolute Gasteiger partial charge is 0.137 e. The summed E-state index contributed by atoms with van der Waals surface area (Å²) in [7, 11) is 0. The molecule has 0 bridgehead atoms. The van der Waals surface area contributed by atoms with Crippen molar-refractivity contribution in [3.8, 4) is 23.0 Å². The third-order valence-electron chi connectivity index (χ3n) is 10.4. The van der Waals surface area contributed by atoms with E-state index in [1.807, 2.05) is 6.20 Å².